The molecule has 1 aliphatic heterocycles. The van der Waals surface area contributed by atoms with Gasteiger partial charge in [0.2, 0.25) is 11.2 Å². The van der Waals surface area contributed by atoms with Crippen molar-refractivity contribution in [3.8, 4) is 22.9 Å². The minimum atomic E-state index is -0.521. The molecule has 0 N–H and O–H groups in total. The molecule has 0 saturated carbocycles. The Balaban J connectivity index is 1.14. The van der Waals surface area contributed by atoms with Crippen LogP contribution in [-0.2, 0) is 13.2 Å². The second-order valence-electron chi connectivity index (χ2n) is 9.27. The van der Waals surface area contributed by atoms with Crippen LogP contribution in [0.5, 0.6) is 5.75 Å². The lowest BCUT2D eigenvalue weighted by molar-refractivity contribution is 0.0614. The van der Waals surface area contributed by atoms with Gasteiger partial charge in [0.15, 0.2) is 0 Å². The Hall–Kier alpha value is -4.74. The fourth-order valence-electron chi connectivity index (χ4n) is 4.54. The summed E-state index contributed by atoms with van der Waals surface area (Å²) in [6, 6.07) is 24.7. The standard InChI is InChI=1S/C31H26FN3O4/c32-28-8-4-3-7-27(28)31(37)35-15-13-34(14-16-35)19-25-17-29(36)30(21-38-25)39-20-22-9-11-23(12-10-22)26-6-2-1-5-24(26)18-33/h1-12,17,21H,13-16,19-20H2. The molecule has 0 radical (unpaired) electrons. The first-order chi connectivity index (χ1) is 19.0. The van der Waals surface area contributed by atoms with Crippen molar-refractivity contribution in [2.45, 2.75) is 13.2 Å². The molecule has 4 aromatic rings. The highest BCUT2D eigenvalue weighted by atomic mass is 19.1. The lowest BCUT2D eigenvalue weighted by Crippen LogP contribution is -2.48. The van der Waals surface area contributed by atoms with Crippen LogP contribution in [0.2, 0.25) is 0 Å². The fraction of sp³-hybridized carbons (Fsp3) is 0.194. The zero-order chi connectivity index (χ0) is 27.2. The number of ether oxygens (including phenoxy) is 1. The van der Waals surface area contributed by atoms with Crippen molar-refractivity contribution in [3.05, 3.63) is 124 Å². The number of hydrogen-bond donors (Lipinski definition) is 0. The molecule has 0 atom stereocenters. The molecule has 1 aromatic heterocycles. The van der Waals surface area contributed by atoms with Gasteiger partial charge in [-0.1, -0.05) is 54.6 Å². The van der Waals surface area contributed by atoms with E-state index in [9.17, 15) is 19.2 Å². The third kappa shape index (κ3) is 6.06. The Morgan fingerprint density at radius 1 is 0.974 bits per heavy atom. The topological polar surface area (TPSA) is 86.8 Å². The predicted molar refractivity (Wildman–Crippen MR) is 143 cm³/mol. The first kappa shape index (κ1) is 25.9. The second kappa shape index (κ2) is 11.8. The quantitative estimate of drug-likeness (QED) is 0.344. The molecule has 0 spiro atoms. The third-order valence-electron chi connectivity index (χ3n) is 6.70. The van der Waals surface area contributed by atoms with Gasteiger partial charge in [-0.25, -0.2) is 4.39 Å². The zero-order valence-electron chi connectivity index (χ0n) is 21.2. The van der Waals surface area contributed by atoms with Crippen molar-refractivity contribution in [2.24, 2.45) is 0 Å². The van der Waals surface area contributed by atoms with Crippen molar-refractivity contribution in [2.75, 3.05) is 26.2 Å². The highest BCUT2D eigenvalue weighted by Gasteiger charge is 2.24. The van der Waals surface area contributed by atoms with E-state index in [1.54, 1.807) is 23.1 Å². The number of carbonyl (C=O) groups is 1. The van der Waals surface area contributed by atoms with Crippen LogP contribution in [0.25, 0.3) is 11.1 Å². The molecule has 0 bridgehead atoms. The monoisotopic (exact) mass is 523 g/mol. The SMILES string of the molecule is N#Cc1ccccc1-c1ccc(COc2coc(CN3CCN(C(=O)c4ccccc4F)CC3)cc2=O)cc1. The van der Waals surface area contributed by atoms with E-state index in [2.05, 4.69) is 11.0 Å². The molecule has 0 aliphatic carbocycles. The van der Waals surface area contributed by atoms with E-state index in [4.69, 9.17) is 9.15 Å². The van der Waals surface area contributed by atoms with E-state index in [1.165, 1.54) is 24.5 Å². The maximum atomic E-state index is 14.0. The maximum Gasteiger partial charge on any atom is 0.256 e. The summed E-state index contributed by atoms with van der Waals surface area (Å²) in [6.45, 7) is 2.69. The largest absolute Gasteiger partial charge is 0.482 e. The van der Waals surface area contributed by atoms with Crippen molar-refractivity contribution in [1.82, 2.24) is 9.80 Å². The number of benzene rings is 3. The van der Waals surface area contributed by atoms with Crippen LogP contribution in [0.4, 0.5) is 4.39 Å². The lowest BCUT2D eigenvalue weighted by atomic mass is 9.99. The Morgan fingerprint density at radius 2 is 1.69 bits per heavy atom. The number of amides is 1. The number of nitrogens with zero attached hydrogens (tertiary/aromatic N) is 3. The number of carbonyl (C=O) groups excluding carboxylic acids is 1. The Morgan fingerprint density at radius 3 is 2.41 bits per heavy atom. The molecular weight excluding hydrogens is 497 g/mol. The molecule has 0 unspecified atom stereocenters. The maximum absolute atomic E-state index is 14.0. The molecule has 3 aromatic carbocycles. The van der Waals surface area contributed by atoms with Gasteiger partial charge in [-0.15, -0.1) is 0 Å². The van der Waals surface area contributed by atoms with E-state index >= 15 is 0 Å². The minimum absolute atomic E-state index is 0.0767. The summed E-state index contributed by atoms with van der Waals surface area (Å²) in [5.41, 5.74) is 3.08. The summed E-state index contributed by atoms with van der Waals surface area (Å²) in [5.74, 6) is -0.213. The van der Waals surface area contributed by atoms with Crippen LogP contribution in [0.3, 0.4) is 0 Å². The number of halogens is 1. The van der Waals surface area contributed by atoms with Crippen molar-refractivity contribution in [1.29, 1.82) is 5.26 Å². The first-order valence-corrected chi connectivity index (χ1v) is 12.6. The van der Waals surface area contributed by atoms with Gasteiger partial charge in [-0.05, 0) is 34.9 Å². The molecular formula is C31H26FN3O4. The summed E-state index contributed by atoms with van der Waals surface area (Å²) in [6.07, 6.45) is 1.33. The summed E-state index contributed by atoms with van der Waals surface area (Å²) in [7, 11) is 0. The molecule has 1 saturated heterocycles. The van der Waals surface area contributed by atoms with Crippen molar-refractivity contribution >= 4 is 5.91 Å². The predicted octanol–water partition coefficient (Wildman–Crippen LogP) is 4.85. The average molecular weight is 524 g/mol. The van der Waals surface area contributed by atoms with Gasteiger partial charge in [0, 0.05) is 32.2 Å². The summed E-state index contributed by atoms with van der Waals surface area (Å²) in [4.78, 5) is 29.0. The Kier molecular flexibility index (Phi) is 7.80. The van der Waals surface area contributed by atoms with Gasteiger partial charge in [0.1, 0.15) is 24.4 Å². The normalized spacial score (nSPS) is 13.6. The van der Waals surface area contributed by atoms with E-state index in [1.807, 2.05) is 42.5 Å². The van der Waals surface area contributed by atoms with Gasteiger partial charge < -0.3 is 14.1 Å². The van der Waals surface area contributed by atoms with Gasteiger partial charge >= 0.3 is 0 Å². The van der Waals surface area contributed by atoms with Gasteiger partial charge in [-0.2, -0.15) is 5.26 Å². The fourth-order valence-corrected chi connectivity index (χ4v) is 4.54. The summed E-state index contributed by atoms with van der Waals surface area (Å²) < 4.78 is 25.3. The van der Waals surface area contributed by atoms with Crippen LogP contribution in [0, 0.1) is 17.1 Å². The van der Waals surface area contributed by atoms with Gasteiger partial charge in [0.25, 0.3) is 5.91 Å². The first-order valence-electron chi connectivity index (χ1n) is 12.6. The van der Waals surface area contributed by atoms with Crippen LogP contribution in [-0.4, -0.2) is 41.9 Å². The van der Waals surface area contributed by atoms with Crippen LogP contribution in [0.1, 0.15) is 27.2 Å². The highest BCUT2D eigenvalue weighted by molar-refractivity contribution is 5.94. The zero-order valence-corrected chi connectivity index (χ0v) is 21.2. The smallest absolute Gasteiger partial charge is 0.256 e. The van der Waals surface area contributed by atoms with E-state index < -0.39 is 5.82 Å². The molecule has 1 amide bonds. The summed E-state index contributed by atoms with van der Waals surface area (Å²) >= 11 is 0. The third-order valence-corrected chi connectivity index (χ3v) is 6.70. The lowest BCUT2D eigenvalue weighted by Gasteiger charge is -2.34. The number of piperazine rings is 1. The number of nitriles is 1. The number of rotatable bonds is 7. The Labute approximate surface area is 225 Å². The van der Waals surface area contributed by atoms with E-state index in [-0.39, 0.29) is 29.3 Å². The molecule has 39 heavy (non-hydrogen) atoms. The molecule has 1 fully saturated rings. The van der Waals surface area contributed by atoms with Crippen LogP contribution >= 0.6 is 0 Å². The van der Waals surface area contributed by atoms with Gasteiger partial charge in [0.05, 0.1) is 23.7 Å². The molecule has 196 valence electrons. The molecule has 7 nitrogen and oxygen atoms in total. The van der Waals surface area contributed by atoms with E-state index in [0.717, 1.165) is 16.7 Å². The average Bonchev–Trinajstić information content (AvgIpc) is 2.97. The Bertz CT molecular complexity index is 1570. The van der Waals surface area contributed by atoms with Crippen LogP contribution < -0.4 is 10.2 Å². The summed E-state index contributed by atoms with van der Waals surface area (Å²) in [5, 5.41) is 9.32. The van der Waals surface area contributed by atoms with Crippen molar-refractivity contribution in [3.63, 3.8) is 0 Å². The number of hydrogen-bond acceptors (Lipinski definition) is 6. The van der Waals surface area contributed by atoms with E-state index in [0.29, 0.717) is 44.0 Å². The highest BCUT2D eigenvalue weighted by Crippen LogP contribution is 2.24. The molecule has 8 heteroatoms. The van der Waals surface area contributed by atoms with Gasteiger partial charge in [-0.3, -0.25) is 14.5 Å². The minimum Gasteiger partial charge on any atom is -0.482 e. The van der Waals surface area contributed by atoms with Crippen LogP contribution in [0.15, 0.2) is 94.3 Å². The van der Waals surface area contributed by atoms with Crippen molar-refractivity contribution < 1.29 is 18.3 Å². The molecule has 1 aliphatic rings. The molecule has 2 heterocycles. The second-order valence-corrected chi connectivity index (χ2v) is 9.27. The molecule has 5 rings (SSSR count).